The molecular formula is C13H17Cl2N3S. The van der Waals surface area contributed by atoms with E-state index in [0.717, 1.165) is 33.7 Å². The van der Waals surface area contributed by atoms with Crippen molar-refractivity contribution in [1.82, 2.24) is 15.1 Å². The molecule has 1 atom stereocenters. The van der Waals surface area contributed by atoms with E-state index in [-0.39, 0.29) is 6.04 Å². The predicted octanol–water partition coefficient (Wildman–Crippen LogP) is 4.08. The van der Waals surface area contributed by atoms with Gasteiger partial charge in [0.1, 0.15) is 0 Å². The van der Waals surface area contributed by atoms with Gasteiger partial charge in [-0.15, -0.1) is 11.3 Å². The Morgan fingerprint density at radius 3 is 2.68 bits per heavy atom. The fourth-order valence-corrected chi connectivity index (χ4v) is 3.50. The fraction of sp³-hybridized carbons (Fsp3) is 0.462. The van der Waals surface area contributed by atoms with Crippen molar-refractivity contribution in [2.45, 2.75) is 32.9 Å². The largest absolute Gasteiger partial charge is 0.312 e. The molecule has 0 fully saturated rings. The number of hydrogen-bond acceptors (Lipinski definition) is 3. The molecule has 2 aromatic rings. The first-order valence-corrected chi connectivity index (χ1v) is 7.78. The second kappa shape index (κ2) is 6.27. The molecular weight excluding hydrogens is 301 g/mol. The van der Waals surface area contributed by atoms with Crippen molar-refractivity contribution >= 4 is 34.5 Å². The highest BCUT2D eigenvalue weighted by molar-refractivity contribution is 7.16. The minimum Gasteiger partial charge on any atom is -0.312 e. The van der Waals surface area contributed by atoms with Gasteiger partial charge in [-0.1, -0.05) is 23.2 Å². The average molecular weight is 318 g/mol. The average Bonchev–Trinajstić information content (AvgIpc) is 2.93. The molecule has 0 saturated carbocycles. The van der Waals surface area contributed by atoms with Gasteiger partial charge < -0.3 is 5.32 Å². The number of nitrogens with one attached hydrogen (secondary N) is 1. The molecule has 3 nitrogen and oxygen atoms in total. The number of halogens is 2. The number of aryl methyl sites for hydroxylation is 2. The Morgan fingerprint density at radius 2 is 2.16 bits per heavy atom. The number of hydrogen-bond donors (Lipinski definition) is 1. The minimum atomic E-state index is 0.205. The molecule has 6 heteroatoms. The van der Waals surface area contributed by atoms with Crippen LogP contribution in [0, 0.1) is 6.92 Å². The van der Waals surface area contributed by atoms with Crippen LogP contribution in [0.5, 0.6) is 0 Å². The van der Waals surface area contributed by atoms with E-state index < -0.39 is 0 Å². The van der Waals surface area contributed by atoms with Gasteiger partial charge in [-0.25, -0.2) is 0 Å². The van der Waals surface area contributed by atoms with Crippen LogP contribution < -0.4 is 5.32 Å². The number of likely N-dealkylation sites (N-methyl/N-ethyl adjacent to an activating group) is 1. The van der Waals surface area contributed by atoms with Gasteiger partial charge in [0.15, 0.2) is 0 Å². The summed E-state index contributed by atoms with van der Waals surface area (Å²) >= 11 is 14.0. The van der Waals surface area contributed by atoms with Gasteiger partial charge in [-0.05, 0) is 33.0 Å². The number of rotatable bonds is 5. The van der Waals surface area contributed by atoms with Gasteiger partial charge in [0.25, 0.3) is 0 Å². The third-order valence-electron chi connectivity index (χ3n) is 3.14. The molecule has 0 bridgehead atoms. The zero-order valence-electron chi connectivity index (χ0n) is 11.2. The van der Waals surface area contributed by atoms with Crippen LogP contribution in [0.25, 0.3) is 0 Å². The van der Waals surface area contributed by atoms with E-state index in [1.165, 1.54) is 4.88 Å². The number of thiophene rings is 1. The van der Waals surface area contributed by atoms with Gasteiger partial charge in [-0.3, -0.25) is 4.68 Å². The van der Waals surface area contributed by atoms with Crippen LogP contribution in [0.4, 0.5) is 0 Å². The minimum absolute atomic E-state index is 0.205. The van der Waals surface area contributed by atoms with Crippen LogP contribution in [-0.2, 0) is 13.0 Å². The molecule has 19 heavy (non-hydrogen) atoms. The van der Waals surface area contributed by atoms with Crippen LogP contribution in [-0.4, -0.2) is 16.8 Å². The van der Waals surface area contributed by atoms with E-state index in [1.54, 1.807) is 11.3 Å². The molecule has 0 aliphatic heterocycles. The molecule has 0 aromatic carbocycles. The summed E-state index contributed by atoms with van der Waals surface area (Å²) in [7, 11) is 1.95. The van der Waals surface area contributed by atoms with Crippen molar-refractivity contribution in [1.29, 1.82) is 0 Å². The molecule has 2 aromatic heterocycles. The van der Waals surface area contributed by atoms with E-state index in [4.69, 9.17) is 23.2 Å². The normalized spacial score (nSPS) is 12.9. The van der Waals surface area contributed by atoms with Crippen LogP contribution in [0.15, 0.2) is 12.1 Å². The second-order valence-electron chi connectivity index (χ2n) is 4.35. The SMILES string of the molecule is CCn1nc(C)c(Cl)c1CC(NC)c1ccc(Cl)s1. The smallest absolute Gasteiger partial charge is 0.0931 e. The molecule has 0 aliphatic rings. The highest BCUT2D eigenvalue weighted by Crippen LogP contribution is 2.31. The van der Waals surface area contributed by atoms with E-state index in [0.29, 0.717) is 0 Å². The van der Waals surface area contributed by atoms with Crippen molar-refractivity contribution in [3.8, 4) is 0 Å². The van der Waals surface area contributed by atoms with Crippen molar-refractivity contribution < 1.29 is 0 Å². The maximum Gasteiger partial charge on any atom is 0.0931 e. The monoisotopic (exact) mass is 317 g/mol. The lowest BCUT2D eigenvalue weighted by Crippen LogP contribution is -2.19. The molecule has 1 N–H and O–H groups in total. The standard InChI is InChI=1S/C13H17Cl2N3S/c1-4-18-10(13(15)8(2)17-18)7-9(16-3)11-5-6-12(14)19-11/h5-6,9,16H,4,7H2,1-3H3. The maximum atomic E-state index is 6.35. The van der Waals surface area contributed by atoms with Crippen LogP contribution in [0.2, 0.25) is 9.36 Å². The Bertz CT molecular complexity index is 562. The fourth-order valence-electron chi connectivity index (χ4n) is 2.12. The summed E-state index contributed by atoms with van der Waals surface area (Å²) in [6.07, 6.45) is 0.806. The number of nitrogens with zero attached hydrogens (tertiary/aromatic N) is 2. The highest BCUT2D eigenvalue weighted by atomic mass is 35.5. The Labute approximate surface area is 127 Å². The van der Waals surface area contributed by atoms with Crippen molar-refractivity contribution in [3.63, 3.8) is 0 Å². The first kappa shape index (κ1) is 14.9. The van der Waals surface area contributed by atoms with E-state index in [2.05, 4.69) is 23.4 Å². The Balaban J connectivity index is 2.28. The second-order valence-corrected chi connectivity index (χ2v) is 6.47. The molecule has 0 saturated heterocycles. The van der Waals surface area contributed by atoms with Crippen LogP contribution in [0.1, 0.15) is 29.2 Å². The van der Waals surface area contributed by atoms with Gasteiger partial charge in [0.05, 0.1) is 20.7 Å². The van der Waals surface area contributed by atoms with Crippen LogP contribution >= 0.6 is 34.5 Å². The Hall–Kier alpha value is -0.550. The van der Waals surface area contributed by atoms with Crippen LogP contribution in [0.3, 0.4) is 0 Å². The Morgan fingerprint density at radius 1 is 1.42 bits per heavy atom. The van der Waals surface area contributed by atoms with Crippen molar-refractivity contribution in [2.24, 2.45) is 0 Å². The summed E-state index contributed by atoms with van der Waals surface area (Å²) in [6, 6.07) is 4.19. The highest BCUT2D eigenvalue weighted by Gasteiger charge is 2.19. The molecule has 0 radical (unpaired) electrons. The lowest BCUT2D eigenvalue weighted by molar-refractivity contribution is 0.547. The topological polar surface area (TPSA) is 29.9 Å². The lowest BCUT2D eigenvalue weighted by Gasteiger charge is -2.15. The first-order valence-electron chi connectivity index (χ1n) is 6.21. The van der Waals surface area contributed by atoms with Crippen molar-refractivity contribution in [2.75, 3.05) is 7.05 Å². The zero-order chi connectivity index (χ0) is 14.0. The molecule has 2 rings (SSSR count). The van der Waals surface area contributed by atoms with Gasteiger partial charge >= 0.3 is 0 Å². The molecule has 0 spiro atoms. The molecule has 0 amide bonds. The summed E-state index contributed by atoms with van der Waals surface area (Å²) in [5.41, 5.74) is 1.96. The van der Waals surface area contributed by atoms with E-state index >= 15 is 0 Å². The quantitative estimate of drug-likeness (QED) is 0.900. The maximum absolute atomic E-state index is 6.35. The van der Waals surface area contributed by atoms with Gasteiger partial charge in [0.2, 0.25) is 0 Å². The van der Waals surface area contributed by atoms with E-state index in [1.807, 2.05) is 24.7 Å². The number of aromatic nitrogens is 2. The summed E-state index contributed by atoms with van der Waals surface area (Å²) in [5.74, 6) is 0. The van der Waals surface area contributed by atoms with Gasteiger partial charge in [-0.2, -0.15) is 5.10 Å². The summed E-state index contributed by atoms with van der Waals surface area (Å²) < 4.78 is 2.78. The first-order chi connectivity index (χ1) is 9.06. The van der Waals surface area contributed by atoms with E-state index in [9.17, 15) is 0 Å². The predicted molar refractivity (Wildman–Crippen MR) is 82.5 cm³/mol. The summed E-state index contributed by atoms with van der Waals surface area (Å²) in [6.45, 7) is 4.83. The lowest BCUT2D eigenvalue weighted by atomic mass is 10.1. The molecule has 2 heterocycles. The summed E-state index contributed by atoms with van der Waals surface area (Å²) in [4.78, 5) is 1.21. The molecule has 0 aliphatic carbocycles. The molecule has 1 unspecified atom stereocenters. The zero-order valence-corrected chi connectivity index (χ0v) is 13.5. The van der Waals surface area contributed by atoms with Crippen molar-refractivity contribution in [3.05, 3.63) is 37.8 Å². The third-order valence-corrected chi connectivity index (χ3v) is 4.97. The summed E-state index contributed by atoms with van der Waals surface area (Å²) in [5, 5.41) is 8.54. The van der Waals surface area contributed by atoms with Gasteiger partial charge in [0, 0.05) is 23.9 Å². The Kier molecular flexibility index (Phi) is 4.90. The molecule has 104 valence electrons. The third kappa shape index (κ3) is 3.14.